The van der Waals surface area contributed by atoms with E-state index in [1.807, 2.05) is 6.92 Å². The van der Waals surface area contributed by atoms with Gasteiger partial charge >= 0.3 is 6.09 Å². The molecule has 0 aliphatic carbocycles. The van der Waals surface area contributed by atoms with Gasteiger partial charge in [0.1, 0.15) is 18.2 Å². The maximum Gasteiger partial charge on any atom is 0.415 e. The van der Waals surface area contributed by atoms with Gasteiger partial charge in [-0.2, -0.15) is 4.98 Å². The van der Waals surface area contributed by atoms with Crippen LogP contribution in [0.1, 0.15) is 24.1 Å². The predicted octanol–water partition coefficient (Wildman–Crippen LogP) is 3.24. The summed E-state index contributed by atoms with van der Waals surface area (Å²) in [5.74, 6) is 1.25. The van der Waals surface area contributed by atoms with Gasteiger partial charge in [0, 0.05) is 30.3 Å². The van der Waals surface area contributed by atoms with E-state index < -0.39 is 12.1 Å². The molecule has 0 spiro atoms. The van der Waals surface area contributed by atoms with Gasteiger partial charge in [-0.1, -0.05) is 11.6 Å². The highest BCUT2D eigenvalue weighted by Crippen LogP contribution is 2.30. The molecule has 2 N–H and O–H groups in total. The van der Waals surface area contributed by atoms with Gasteiger partial charge in [0.15, 0.2) is 0 Å². The number of nitrogens with one attached hydrogen (secondary N) is 2. The van der Waals surface area contributed by atoms with Crippen LogP contribution < -0.4 is 20.5 Å². The third kappa shape index (κ3) is 3.44. The van der Waals surface area contributed by atoms with Gasteiger partial charge in [0.2, 0.25) is 5.95 Å². The largest absolute Gasteiger partial charge is 0.495 e. The van der Waals surface area contributed by atoms with Crippen LogP contribution in [0.15, 0.2) is 29.2 Å². The summed E-state index contributed by atoms with van der Waals surface area (Å²) >= 11 is 6.20. The van der Waals surface area contributed by atoms with Crippen molar-refractivity contribution in [3.63, 3.8) is 0 Å². The Balaban J connectivity index is 1.66. The van der Waals surface area contributed by atoms with Gasteiger partial charge in [-0.05, 0) is 19.1 Å². The van der Waals surface area contributed by atoms with Crippen molar-refractivity contribution in [1.29, 1.82) is 0 Å². The van der Waals surface area contributed by atoms with Crippen molar-refractivity contribution in [2.45, 2.75) is 19.6 Å². The van der Waals surface area contributed by atoms with Gasteiger partial charge in [-0.25, -0.2) is 9.78 Å². The van der Waals surface area contributed by atoms with E-state index in [0.717, 1.165) is 5.39 Å². The molecule has 1 amide bonds. The van der Waals surface area contributed by atoms with E-state index in [0.29, 0.717) is 39.2 Å². The molecule has 1 atom stereocenters. The number of H-pyrrole nitrogens is 1. The van der Waals surface area contributed by atoms with Crippen molar-refractivity contribution in [2.75, 3.05) is 24.4 Å². The standard InChI is InChI=1S/C19H18ClN5O4/c1-9(22-18-21-7-11-8-29-19(27)25(2)16(11)24-18)12-4-10-5-13(20)15(28-3)6-14(10)23-17(12)26/h4-7,9H,8H2,1-3H3,(H,23,26)(H,21,22,24). The van der Waals surface area contributed by atoms with E-state index in [1.165, 1.54) is 12.0 Å². The van der Waals surface area contributed by atoms with Crippen LogP contribution in [0.2, 0.25) is 5.02 Å². The number of rotatable bonds is 4. The molecule has 3 heterocycles. The number of pyridine rings is 1. The maximum absolute atomic E-state index is 12.6. The summed E-state index contributed by atoms with van der Waals surface area (Å²) in [6.45, 7) is 1.95. The summed E-state index contributed by atoms with van der Waals surface area (Å²) in [4.78, 5) is 37.1. The minimum atomic E-state index is -0.478. The summed E-state index contributed by atoms with van der Waals surface area (Å²) in [6, 6.07) is 4.78. The van der Waals surface area contributed by atoms with Crippen molar-refractivity contribution in [3.8, 4) is 5.75 Å². The molecular formula is C19H18ClN5O4. The fraction of sp³-hybridized carbons (Fsp3) is 0.263. The summed E-state index contributed by atoms with van der Waals surface area (Å²) in [7, 11) is 3.09. The van der Waals surface area contributed by atoms with E-state index in [4.69, 9.17) is 21.1 Å². The van der Waals surface area contributed by atoms with E-state index >= 15 is 0 Å². The number of methoxy groups -OCH3 is 1. The summed E-state index contributed by atoms with van der Waals surface area (Å²) < 4.78 is 10.2. The zero-order chi connectivity index (χ0) is 20.7. The van der Waals surface area contributed by atoms with Gasteiger partial charge in [0.05, 0.1) is 29.3 Å². The zero-order valence-corrected chi connectivity index (χ0v) is 16.7. The molecule has 0 fully saturated rings. The first-order chi connectivity index (χ1) is 13.9. The van der Waals surface area contributed by atoms with Crippen LogP contribution in [0.4, 0.5) is 16.6 Å². The van der Waals surface area contributed by atoms with E-state index in [-0.39, 0.29) is 12.2 Å². The summed E-state index contributed by atoms with van der Waals surface area (Å²) in [6.07, 6.45) is 1.12. The third-order valence-electron chi connectivity index (χ3n) is 4.74. The van der Waals surface area contributed by atoms with E-state index in [2.05, 4.69) is 20.3 Å². The normalized spacial score (nSPS) is 14.3. The molecule has 1 aromatic carbocycles. The number of nitrogens with zero attached hydrogens (tertiary/aromatic N) is 3. The first-order valence-electron chi connectivity index (χ1n) is 8.80. The van der Waals surface area contributed by atoms with E-state index in [9.17, 15) is 9.59 Å². The molecule has 4 rings (SSSR count). The number of amides is 1. The number of halogens is 1. The minimum absolute atomic E-state index is 0.128. The van der Waals surface area contributed by atoms with Crippen molar-refractivity contribution < 1.29 is 14.3 Å². The van der Waals surface area contributed by atoms with Crippen molar-refractivity contribution in [2.24, 2.45) is 0 Å². The second-order valence-corrected chi connectivity index (χ2v) is 7.06. The Labute approximate surface area is 170 Å². The topological polar surface area (TPSA) is 109 Å². The number of cyclic esters (lactones) is 1. The smallest absolute Gasteiger partial charge is 0.415 e. The molecule has 29 heavy (non-hydrogen) atoms. The molecule has 3 aromatic rings. The van der Waals surface area contributed by atoms with Crippen molar-refractivity contribution >= 4 is 40.4 Å². The average molecular weight is 416 g/mol. The lowest BCUT2D eigenvalue weighted by molar-refractivity contribution is 0.143. The number of aromatic amines is 1. The SMILES string of the molecule is COc1cc2[nH]c(=O)c(C(C)Nc3ncc4c(n3)N(C)C(=O)OC4)cc2cc1Cl. The molecule has 0 saturated carbocycles. The lowest BCUT2D eigenvalue weighted by Crippen LogP contribution is -2.33. The molecule has 0 radical (unpaired) electrons. The molecule has 1 aliphatic heterocycles. The Morgan fingerprint density at radius 1 is 1.34 bits per heavy atom. The number of aromatic nitrogens is 3. The predicted molar refractivity (Wildman–Crippen MR) is 109 cm³/mol. The van der Waals surface area contributed by atoms with Crippen molar-refractivity contribution in [3.05, 3.63) is 50.9 Å². The van der Waals surface area contributed by atoms with Gasteiger partial charge in [-0.3, -0.25) is 9.69 Å². The van der Waals surface area contributed by atoms with Crippen LogP contribution in [0, 0.1) is 0 Å². The molecule has 10 heteroatoms. The number of carbonyl (C=O) groups is 1. The molecule has 2 aromatic heterocycles. The molecule has 150 valence electrons. The van der Waals surface area contributed by atoms with Gasteiger partial charge < -0.3 is 19.8 Å². The third-order valence-corrected chi connectivity index (χ3v) is 5.04. The number of hydrogen-bond donors (Lipinski definition) is 2. The molecule has 1 unspecified atom stereocenters. The maximum atomic E-state index is 12.6. The van der Waals surface area contributed by atoms with Gasteiger partial charge in [0.25, 0.3) is 5.56 Å². The Morgan fingerprint density at radius 2 is 2.14 bits per heavy atom. The highest BCUT2D eigenvalue weighted by atomic mass is 35.5. The average Bonchev–Trinajstić information content (AvgIpc) is 2.70. The Hall–Kier alpha value is -3.33. The van der Waals surface area contributed by atoms with Crippen molar-refractivity contribution in [1.82, 2.24) is 15.0 Å². The van der Waals surface area contributed by atoms with Crippen LogP contribution in [0.25, 0.3) is 10.9 Å². The molecule has 1 aliphatic rings. The monoisotopic (exact) mass is 415 g/mol. The Bertz CT molecular complexity index is 1180. The van der Waals surface area contributed by atoms with E-state index in [1.54, 1.807) is 31.4 Å². The Morgan fingerprint density at radius 3 is 2.90 bits per heavy atom. The molecule has 9 nitrogen and oxygen atoms in total. The van der Waals surface area contributed by atoms with Crippen LogP contribution in [0.3, 0.4) is 0 Å². The first-order valence-corrected chi connectivity index (χ1v) is 9.18. The quantitative estimate of drug-likeness (QED) is 0.673. The summed E-state index contributed by atoms with van der Waals surface area (Å²) in [5.41, 5.74) is 1.57. The molecular weight excluding hydrogens is 398 g/mol. The molecule has 0 bridgehead atoms. The number of carbonyl (C=O) groups excluding carboxylic acids is 1. The lowest BCUT2D eigenvalue weighted by atomic mass is 10.1. The number of hydrogen-bond acceptors (Lipinski definition) is 7. The van der Waals surface area contributed by atoms with Crippen LogP contribution in [-0.4, -0.2) is 35.2 Å². The fourth-order valence-electron chi connectivity index (χ4n) is 3.16. The van der Waals surface area contributed by atoms with Crippen LogP contribution in [-0.2, 0) is 11.3 Å². The van der Waals surface area contributed by atoms with Crippen LogP contribution in [0.5, 0.6) is 5.75 Å². The number of ether oxygens (including phenoxy) is 2. The zero-order valence-electron chi connectivity index (χ0n) is 15.9. The Kier molecular flexibility index (Phi) is 4.75. The second kappa shape index (κ2) is 7.25. The number of benzene rings is 1. The highest BCUT2D eigenvalue weighted by molar-refractivity contribution is 6.32. The van der Waals surface area contributed by atoms with Gasteiger partial charge in [-0.15, -0.1) is 0 Å². The summed E-state index contributed by atoms with van der Waals surface area (Å²) in [5, 5.41) is 4.33. The highest BCUT2D eigenvalue weighted by Gasteiger charge is 2.25. The minimum Gasteiger partial charge on any atom is -0.495 e. The fourth-order valence-corrected chi connectivity index (χ4v) is 3.41. The molecule has 0 saturated heterocycles. The van der Waals surface area contributed by atoms with Crippen LogP contribution >= 0.6 is 11.6 Å². The number of anilines is 2. The first kappa shape index (κ1) is 19.0. The lowest BCUT2D eigenvalue weighted by Gasteiger charge is -2.24. The second-order valence-electron chi connectivity index (χ2n) is 6.65. The number of fused-ring (bicyclic) bond motifs is 2.